The van der Waals surface area contributed by atoms with Crippen LogP contribution in [0, 0.1) is 52.1 Å². The van der Waals surface area contributed by atoms with Crippen LogP contribution in [0.15, 0.2) is 116 Å². The van der Waals surface area contributed by atoms with Crippen LogP contribution < -0.4 is 30.2 Å². The molecule has 0 amide bonds. The lowest BCUT2D eigenvalue weighted by Gasteiger charge is -2.13. The number of anilines is 3. The van der Waals surface area contributed by atoms with Crippen molar-refractivity contribution in [2.45, 2.75) is 80.1 Å². The Kier molecular flexibility index (Phi) is 16.0. The molecule has 0 aliphatic carbocycles. The zero-order valence-corrected chi connectivity index (χ0v) is 51.2. The van der Waals surface area contributed by atoms with Gasteiger partial charge in [0.2, 0.25) is 17.8 Å². The van der Waals surface area contributed by atoms with Crippen LogP contribution in [0.3, 0.4) is 0 Å². The van der Waals surface area contributed by atoms with E-state index in [0.717, 1.165) is 132 Å². The fourth-order valence-corrected chi connectivity index (χ4v) is 11.9. The number of fused-ring (bicyclic) bond motifs is 6. The van der Waals surface area contributed by atoms with E-state index < -0.39 is 0 Å². The molecule has 15 rings (SSSR count). The van der Waals surface area contributed by atoms with Gasteiger partial charge in [-0.3, -0.25) is 17.9 Å². The maximum absolute atomic E-state index is 14.5. The third-order valence-corrected chi connectivity index (χ3v) is 16.2. The quantitative estimate of drug-likeness (QED) is 0.0927. The minimum absolute atomic E-state index is 0.228. The number of hydrogen-bond donors (Lipinski definition) is 3. The third-order valence-electron chi connectivity index (χ3n) is 16.2. The van der Waals surface area contributed by atoms with Crippen LogP contribution in [0.4, 0.5) is 31.0 Å². The number of halogens is 3. The molecule has 11 heterocycles. The molecular weight excluding hydrogens is 1150 g/mol. The molecule has 3 N–H and O–H groups in total. The number of imidazole rings is 3. The Hall–Kier alpha value is -10.4. The molecule has 90 heavy (non-hydrogen) atoms. The van der Waals surface area contributed by atoms with Crippen LogP contribution in [0.1, 0.15) is 67.4 Å². The second-order valence-corrected chi connectivity index (χ2v) is 22.8. The van der Waals surface area contributed by atoms with Gasteiger partial charge in [-0.05, 0) is 102 Å². The Balaban J connectivity index is 0.000000124. The van der Waals surface area contributed by atoms with Crippen molar-refractivity contribution in [1.29, 1.82) is 0 Å². The molecule has 8 aromatic heterocycles. The SMILES string of the molecule is Cc1cn2c(NCc3c(F)ccc4c3CCO4)ncc(-c3cc(C)nn3C)c2n1.Cc1cn2c(NCc3c(F)ccc4c3CCO4)ncc(-c3ccc(CN(C)C)cc3)c2n1.Cc1cn2c(NCc3c(F)ccc4c3CCO4)ncc(-c3cncnc3C)c2n1. The molecule has 0 bridgehead atoms. The van der Waals surface area contributed by atoms with Crippen molar-refractivity contribution in [3.05, 3.63) is 201 Å². The summed E-state index contributed by atoms with van der Waals surface area (Å²) in [4.78, 5) is 38.4. The molecule has 0 fully saturated rings. The van der Waals surface area contributed by atoms with Gasteiger partial charge in [0.1, 0.15) is 52.3 Å². The van der Waals surface area contributed by atoms with Crippen LogP contribution in [0.5, 0.6) is 17.2 Å². The van der Waals surface area contributed by atoms with E-state index in [9.17, 15) is 13.2 Å². The van der Waals surface area contributed by atoms with E-state index in [2.05, 4.69) is 99.2 Å². The van der Waals surface area contributed by atoms with Gasteiger partial charge in [0, 0.05) is 152 Å². The highest BCUT2D eigenvalue weighted by atomic mass is 19.1. The van der Waals surface area contributed by atoms with Crippen LogP contribution in [0.2, 0.25) is 0 Å². The summed E-state index contributed by atoms with van der Waals surface area (Å²) in [5.74, 6) is 3.42. The molecule has 0 atom stereocenters. The van der Waals surface area contributed by atoms with Crippen molar-refractivity contribution in [1.82, 2.24) is 67.8 Å². The van der Waals surface area contributed by atoms with E-state index in [-0.39, 0.29) is 17.5 Å². The summed E-state index contributed by atoms with van der Waals surface area (Å²) in [6, 6.07) is 20.0. The summed E-state index contributed by atoms with van der Waals surface area (Å²) in [7, 11) is 6.02. The molecule has 20 nitrogen and oxygen atoms in total. The maximum atomic E-state index is 14.5. The Bertz CT molecular complexity index is 4690. The fourth-order valence-electron chi connectivity index (χ4n) is 11.9. The van der Waals surface area contributed by atoms with E-state index in [0.29, 0.717) is 80.4 Å². The molecule has 0 saturated heterocycles. The molecule has 0 saturated carbocycles. The summed E-state index contributed by atoms with van der Waals surface area (Å²) >= 11 is 0. The van der Waals surface area contributed by atoms with Gasteiger partial charge in [-0.25, -0.2) is 53.0 Å². The zero-order valence-electron chi connectivity index (χ0n) is 51.2. The van der Waals surface area contributed by atoms with Crippen molar-refractivity contribution < 1.29 is 27.4 Å². The molecule has 4 aromatic carbocycles. The van der Waals surface area contributed by atoms with Gasteiger partial charge in [0.15, 0.2) is 5.65 Å². The first-order chi connectivity index (χ1) is 43.6. The third kappa shape index (κ3) is 11.7. The summed E-state index contributed by atoms with van der Waals surface area (Å²) in [5, 5.41) is 14.3. The van der Waals surface area contributed by atoms with E-state index in [1.807, 2.05) is 90.4 Å². The molecule has 0 unspecified atom stereocenters. The second-order valence-electron chi connectivity index (χ2n) is 22.8. The first kappa shape index (κ1) is 58.6. The lowest BCUT2D eigenvalue weighted by Crippen LogP contribution is -2.10. The molecule has 3 aliphatic heterocycles. The predicted octanol–water partition coefficient (Wildman–Crippen LogP) is 11.4. The highest BCUT2D eigenvalue weighted by molar-refractivity contribution is 5.80. The van der Waals surface area contributed by atoms with Gasteiger partial charge in [0.25, 0.3) is 0 Å². The van der Waals surface area contributed by atoms with Crippen molar-refractivity contribution >= 4 is 34.8 Å². The molecule has 12 aromatic rings. The van der Waals surface area contributed by atoms with E-state index in [1.54, 1.807) is 36.8 Å². The highest BCUT2D eigenvalue weighted by Gasteiger charge is 2.25. The average molecular weight is 1210 g/mol. The van der Waals surface area contributed by atoms with Crippen LogP contribution in [-0.2, 0) is 52.5 Å². The Morgan fingerprint density at radius 3 is 1.37 bits per heavy atom. The van der Waals surface area contributed by atoms with Gasteiger partial charge in [-0.2, -0.15) is 5.10 Å². The zero-order chi connectivity index (χ0) is 62.3. The second kappa shape index (κ2) is 24.6. The monoisotopic (exact) mass is 1210 g/mol. The first-order valence-electron chi connectivity index (χ1n) is 29.7. The van der Waals surface area contributed by atoms with E-state index >= 15 is 0 Å². The number of nitrogens with zero attached hydrogens (tertiary/aromatic N) is 14. The predicted molar refractivity (Wildman–Crippen MR) is 337 cm³/mol. The average Bonchev–Trinajstić information content (AvgIpc) is 1.67. The molecule has 0 radical (unpaired) electrons. The normalized spacial score (nSPS) is 12.9. The van der Waals surface area contributed by atoms with Gasteiger partial charge >= 0.3 is 0 Å². The van der Waals surface area contributed by atoms with Gasteiger partial charge in [-0.15, -0.1) is 0 Å². The highest BCUT2D eigenvalue weighted by Crippen LogP contribution is 2.36. The number of aryl methyl sites for hydroxylation is 6. The smallest absolute Gasteiger partial charge is 0.208 e. The van der Waals surface area contributed by atoms with E-state index in [4.69, 9.17) is 19.2 Å². The summed E-state index contributed by atoms with van der Waals surface area (Å²) in [6.07, 6.45) is 16.6. The summed E-state index contributed by atoms with van der Waals surface area (Å²) < 4.78 is 67.7. The molecule has 458 valence electrons. The Labute approximate surface area is 516 Å². The lowest BCUT2D eigenvalue weighted by molar-refractivity contribution is 0.356. The first-order valence-corrected chi connectivity index (χ1v) is 29.7. The minimum Gasteiger partial charge on any atom is -0.493 e. The van der Waals surface area contributed by atoms with Gasteiger partial charge < -0.3 is 35.1 Å². The molecule has 3 aliphatic rings. The Morgan fingerprint density at radius 2 is 0.933 bits per heavy atom. The van der Waals surface area contributed by atoms with Gasteiger partial charge in [0.05, 0.1) is 53.9 Å². The largest absolute Gasteiger partial charge is 0.493 e. The Morgan fingerprint density at radius 1 is 0.500 bits per heavy atom. The summed E-state index contributed by atoms with van der Waals surface area (Å²) in [5.41, 5.74) is 18.3. The molecule has 0 spiro atoms. The number of benzene rings is 4. The fraction of sp³-hybridized carbons (Fsp3) is 0.269. The van der Waals surface area contributed by atoms with Crippen molar-refractivity contribution in [2.75, 3.05) is 49.9 Å². The van der Waals surface area contributed by atoms with E-state index in [1.165, 1.54) is 30.1 Å². The topological polar surface area (TPSA) is 201 Å². The number of hydrogen-bond acceptors (Lipinski definition) is 16. The lowest BCUT2D eigenvalue weighted by atomic mass is 10.0. The number of aromatic nitrogens is 13. The van der Waals surface area contributed by atoms with Gasteiger partial charge in [-0.1, -0.05) is 24.3 Å². The van der Waals surface area contributed by atoms with Crippen molar-refractivity contribution in [2.24, 2.45) is 7.05 Å². The number of rotatable bonds is 14. The standard InChI is InChI=1S/C25H26FN5O.C21H21FN6O.C21H19FN6O/c1-16-14-31-24(29-16)20(18-6-4-17(5-7-18)15-30(2)3)12-27-25(31)28-13-21-19-10-11-32-23(19)9-8-22(21)26;1-12-8-18(27(3)26-12)16-10-24-21(28-11-13(2)25-20(16)28)23-9-15-14-6-7-29-19(14)5-4-17(15)22;1-12-10-28-20(27-12)17(15-7-23-11-26-13(15)2)9-25-21(28)24-8-16-14-5-6-29-19(14)4-3-18(16)22/h4-9,12,14H,10-11,13,15H2,1-3H3,(H,27,28);4-5,8,10-11H,6-7,9H2,1-3H3,(H,23,24);3-4,7,9-11H,5-6,8H2,1-2H3,(H,24,25). The molecule has 23 heteroatoms. The van der Waals surface area contributed by atoms with Crippen LogP contribution in [-0.4, -0.2) is 102 Å². The van der Waals surface area contributed by atoms with Crippen LogP contribution >= 0.6 is 0 Å². The van der Waals surface area contributed by atoms with Crippen LogP contribution in [0.25, 0.3) is 50.5 Å². The number of nitrogens with one attached hydrogen (secondary N) is 3. The maximum Gasteiger partial charge on any atom is 0.208 e. The molecular formula is C67H66F3N17O3. The van der Waals surface area contributed by atoms with Crippen molar-refractivity contribution in [3.63, 3.8) is 0 Å². The van der Waals surface area contributed by atoms with Crippen molar-refractivity contribution in [3.8, 4) is 50.8 Å². The summed E-state index contributed by atoms with van der Waals surface area (Å²) in [6.45, 7) is 13.3. The number of ether oxygens (including phenoxy) is 3. The minimum atomic E-state index is -0.242.